The minimum Gasteiger partial charge on any atom is -0.444 e. The molecule has 0 aliphatic carbocycles. The van der Waals surface area contributed by atoms with Gasteiger partial charge in [-0.15, -0.1) is 11.8 Å². The summed E-state index contributed by atoms with van der Waals surface area (Å²) in [5.41, 5.74) is 3.66. The first-order valence-electron chi connectivity index (χ1n) is 10.3. The molecule has 7 nitrogen and oxygen atoms in total. The fourth-order valence-corrected chi connectivity index (χ4v) is 4.19. The number of rotatable bonds is 9. The summed E-state index contributed by atoms with van der Waals surface area (Å²) < 4.78 is 5.53. The number of H-pyrrole nitrogens is 1. The second kappa shape index (κ2) is 10.2. The molecule has 1 atom stereocenters. The molecule has 0 fully saturated rings. The van der Waals surface area contributed by atoms with Gasteiger partial charge in [-0.2, -0.15) is 0 Å². The summed E-state index contributed by atoms with van der Waals surface area (Å²) in [6.07, 6.45) is 3.90. The van der Waals surface area contributed by atoms with E-state index in [-0.39, 0.29) is 17.6 Å². The van der Waals surface area contributed by atoms with Gasteiger partial charge in [0.2, 0.25) is 17.7 Å². The number of aromatic nitrogens is 2. The summed E-state index contributed by atoms with van der Waals surface area (Å²) >= 11 is 1.42. The molecule has 0 aliphatic rings. The number of nitrogens with one attached hydrogen (secondary N) is 3. The monoisotopic (exact) mass is 448 g/mol. The minimum absolute atomic E-state index is 0.199. The lowest BCUT2D eigenvalue weighted by Crippen LogP contribution is -2.47. The first kappa shape index (κ1) is 21.7. The van der Waals surface area contributed by atoms with Crippen LogP contribution in [-0.4, -0.2) is 40.6 Å². The van der Waals surface area contributed by atoms with E-state index in [9.17, 15) is 9.59 Å². The summed E-state index contributed by atoms with van der Waals surface area (Å²) in [7, 11) is 1.57. The number of aromatic amines is 1. The quantitative estimate of drug-likeness (QED) is 0.364. The lowest BCUT2D eigenvalue weighted by atomic mass is 10.0. The Morgan fingerprint density at radius 2 is 1.91 bits per heavy atom. The van der Waals surface area contributed by atoms with Gasteiger partial charge in [0, 0.05) is 41.9 Å². The second-order valence-electron chi connectivity index (χ2n) is 7.30. The van der Waals surface area contributed by atoms with Gasteiger partial charge < -0.3 is 20.0 Å². The average molecular weight is 449 g/mol. The zero-order chi connectivity index (χ0) is 22.3. The molecule has 2 aromatic carbocycles. The highest BCUT2D eigenvalue weighted by molar-refractivity contribution is 7.99. The fourth-order valence-electron chi connectivity index (χ4n) is 3.47. The Morgan fingerprint density at radius 1 is 1.12 bits per heavy atom. The summed E-state index contributed by atoms with van der Waals surface area (Å²) in [6, 6.07) is 16.9. The van der Waals surface area contributed by atoms with Crippen LogP contribution in [0.3, 0.4) is 0 Å². The number of carbonyl (C=O) groups excluding carboxylic acids is 2. The van der Waals surface area contributed by atoms with Crippen LogP contribution in [0.5, 0.6) is 0 Å². The molecular formula is C24H24N4O3S. The van der Waals surface area contributed by atoms with Gasteiger partial charge in [0.05, 0.1) is 11.4 Å². The van der Waals surface area contributed by atoms with Gasteiger partial charge in [0.25, 0.3) is 0 Å². The fraction of sp³-hybridized carbons (Fsp3) is 0.208. The number of hydrogen-bond donors (Lipinski definition) is 3. The number of para-hydroxylation sites is 1. The Bertz CT molecular complexity index is 1200. The SMILES string of the molecule is CNC(=O)[C@H](Cc1c[nH]c2ccccc12)NC(=O)CSCc1coc(-c2ccccc2)n1. The standard InChI is InChI=1S/C24H24N4O3S/c1-25-23(30)21(11-17-12-26-20-10-6-5-9-19(17)20)28-22(29)15-32-14-18-13-31-24(27-18)16-7-3-2-4-8-16/h2-10,12-13,21,26H,11,14-15H2,1H3,(H,25,30)(H,28,29)/t21-/m0/s1. The molecule has 4 aromatic rings. The van der Waals surface area contributed by atoms with E-state index in [1.165, 1.54) is 11.8 Å². The maximum absolute atomic E-state index is 12.5. The maximum atomic E-state index is 12.5. The van der Waals surface area contributed by atoms with Crippen molar-refractivity contribution < 1.29 is 14.0 Å². The van der Waals surface area contributed by atoms with Crippen LogP contribution in [0.25, 0.3) is 22.4 Å². The van der Waals surface area contributed by atoms with E-state index in [1.54, 1.807) is 13.3 Å². The molecule has 0 aliphatic heterocycles. The van der Waals surface area contributed by atoms with Crippen LogP contribution in [-0.2, 0) is 21.8 Å². The van der Waals surface area contributed by atoms with E-state index >= 15 is 0 Å². The van der Waals surface area contributed by atoms with E-state index in [1.807, 2.05) is 60.8 Å². The highest BCUT2D eigenvalue weighted by Crippen LogP contribution is 2.21. The van der Waals surface area contributed by atoms with Gasteiger partial charge >= 0.3 is 0 Å². The molecule has 0 radical (unpaired) electrons. The third-order valence-corrected chi connectivity index (χ3v) is 6.02. The molecule has 2 aromatic heterocycles. The number of hydrogen-bond acceptors (Lipinski definition) is 5. The van der Waals surface area contributed by atoms with Crippen molar-refractivity contribution in [2.24, 2.45) is 0 Å². The highest BCUT2D eigenvalue weighted by Gasteiger charge is 2.21. The average Bonchev–Trinajstić information content (AvgIpc) is 3.46. The summed E-state index contributed by atoms with van der Waals surface area (Å²) in [4.78, 5) is 32.6. The topological polar surface area (TPSA) is 100 Å². The number of amides is 2. The first-order valence-corrected chi connectivity index (χ1v) is 11.4. The summed E-state index contributed by atoms with van der Waals surface area (Å²) in [6.45, 7) is 0. The van der Waals surface area contributed by atoms with Crippen molar-refractivity contribution in [3.8, 4) is 11.5 Å². The number of oxazole rings is 1. The Labute approximate surface area is 190 Å². The van der Waals surface area contributed by atoms with Gasteiger partial charge in [0.1, 0.15) is 12.3 Å². The van der Waals surface area contributed by atoms with E-state index in [4.69, 9.17) is 4.42 Å². The Kier molecular flexibility index (Phi) is 6.91. The van der Waals surface area contributed by atoms with Crippen LogP contribution in [0.15, 0.2) is 71.5 Å². The van der Waals surface area contributed by atoms with E-state index < -0.39 is 6.04 Å². The maximum Gasteiger partial charge on any atom is 0.242 e. The number of nitrogens with zero attached hydrogens (tertiary/aromatic N) is 1. The van der Waals surface area contributed by atoms with Gasteiger partial charge in [-0.3, -0.25) is 9.59 Å². The highest BCUT2D eigenvalue weighted by atomic mass is 32.2. The number of carbonyl (C=O) groups is 2. The number of benzene rings is 2. The Balaban J connectivity index is 1.32. The van der Waals surface area contributed by atoms with Crippen LogP contribution in [0.2, 0.25) is 0 Å². The number of fused-ring (bicyclic) bond motifs is 1. The third-order valence-electron chi connectivity index (χ3n) is 5.05. The molecule has 32 heavy (non-hydrogen) atoms. The number of likely N-dealkylation sites (N-methyl/N-ethyl adjacent to an activating group) is 1. The van der Waals surface area contributed by atoms with Crippen molar-refractivity contribution in [3.63, 3.8) is 0 Å². The Hall–Kier alpha value is -3.52. The zero-order valence-electron chi connectivity index (χ0n) is 17.6. The van der Waals surface area contributed by atoms with E-state index in [0.717, 1.165) is 27.7 Å². The molecule has 4 rings (SSSR count). The molecule has 0 spiro atoms. The predicted molar refractivity (Wildman–Crippen MR) is 126 cm³/mol. The van der Waals surface area contributed by atoms with Crippen LogP contribution >= 0.6 is 11.8 Å². The summed E-state index contributed by atoms with van der Waals surface area (Å²) in [5.74, 6) is 0.892. The third kappa shape index (κ3) is 5.20. The molecule has 8 heteroatoms. The molecule has 0 unspecified atom stereocenters. The van der Waals surface area contributed by atoms with Crippen LogP contribution in [0.4, 0.5) is 0 Å². The smallest absolute Gasteiger partial charge is 0.242 e. The molecule has 2 amide bonds. The molecule has 0 saturated heterocycles. The van der Waals surface area contributed by atoms with Crippen molar-refractivity contribution in [2.75, 3.05) is 12.8 Å². The van der Waals surface area contributed by atoms with Crippen LogP contribution in [0, 0.1) is 0 Å². The van der Waals surface area contributed by atoms with Crippen molar-refractivity contribution >= 4 is 34.5 Å². The molecular weight excluding hydrogens is 424 g/mol. The molecule has 2 heterocycles. The first-order chi connectivity index (χ1) is 15.6. The largest absolute Gasteiger partial charge is 0.444 e. The Morgan fingerprint density at radius 3 is 2.72 bits per heavy atom. The minimum atomic E-state index is -0.649. The van der Waals surface area contributed by atoms with Crippen molar-refractivity contribution in [1.29, 1.82) is 0 Å². The van der Waals surface area contributed by atoms with Crippen molar-refractivity contribution in [1.82, 2.24) is 20.6 Å². The molecule has 164 valence electrons. The van der Waals surface area contributed by atoms with Crippen molar-refractivity contribution in [2.45, 2.75) is 18.2 Å². The lowest BCUT2D eigenvalue weighted by molar-refractivity contribution is -0.127. The van der Waals surface area contributed by atoms with Crippen molar-refractivity contribution in [3.05, 3.63) is 78.3 Å². The van der Waals surface area contributed by atoms with Gasteiger partial charge in [-0.1, -0.05) is 36.4 Å². The molecule has 0 bridgehead atoms. The summed E-state index contributed by atoms with van der Waals surface area (Å²) in [5, 5.41) is 6.54. The second-order valence-corrected chi connectivity index (χ2v) is 8.29. The van der Waals surface area contributed by atoms with Gasteiger partial charge in [0.15, 0.2) is 0 Å². The normalized spacial score (nSPS) is 11.9. The van der Waals surface area contributed by atoms with E-state index in [2.05, 4.69) is 20.6 Å². The zero-order valence-corrected chi connectivity index (χ0v) is 18.4. The van der Waals surface area contributed by atoms with E-state index in [0.29, 0.717) is 18.1 Å². The van der Waals surface area contributed by atoms with Gasteiger partial charge in [-0.25, -0.2) is 4.98 Å². The predicted octanol–water partition coefficient (Wildman–Crippen LogP) is 3.53. The molecule has 0 saturated carbocycles. The van der Waals surface area contributed by atoms with Crippen LogP contribution in [0.1, 0.15) is 11.3 Å². The lowest BCUT2D eigenvalue weighted by Gasteiger charge is -2.17. The van der Waals surface area contributed by atoms with Crippen LogP contribution < -0.4 is 10.6 Å². The molecule has 3 N–H and O–H groups in total. The van der Waals surface area contributed by atoms with Gasteiger partial charge in [-0.05, 0) is 23.8 Å². The number of thioether (sulfide) groups is 1.